The van der Waals surface area contributed by atoms with E-state index >= 15 is 0 Å². The highest BCUT2D eigenvalue weighted by Gasteiger charge is 2.30. The molecular weight excluding hydrogens is 467 g/mol. The van der Waals surface area contributed by atoms with Crippen LogP contribution in [-0.4, -0.2) is 24.9 Å². The van der Waals surface area contributed by atoms with Crippen molar-refractivity contribution >= 4 is 21.7 Å². The van der Waals surface area contributed by atoms with E-state index in [4.69, 9.17) is 10.0 Å². The van der Waals surface area contributed by atoms with E-state index in [2.05, 4.69) is 34.1 Å². The molecule has 4 atom stereocenters. The monoisotopic (exact) mass is 494 g/mol. The normalized spacial score (nSPS) is 20.9. The maximum Gasteiger partial charge on any atom is 0.216 e. The molecule has 10 heteroatoms. The van der Waals surface area contributed by atoms with Crippen molar-refractivity contribution in [2.45, 2.75) is 36.9 Å². The highest BCUT2D eigenvalue weighted by molar-refractivity contribution is 7.90. The van der Waals surface area contributed by atoms with E-state index in [1.54, 1.807) is 30.0 Å². The molecule has 1 aromatic carbocycles. The quantitative estimate of drug-likeness (QED) is 0.290. The van der Waals surface area contributed by atoms with E-state index in [9.17, 15) is 13.7 Å². The number of anilines is 1. The van der Waals surface area contributed by atoms with Crippen LogP contribution >= 0.6 is 0 Å². The molecular formula is C25H27FN6O2S. The highest BCUT2D eigenvalue weighted by atomic mass is 32.2. The number of nitriles is 1. The zero-order valence-corrected chi connectivity index (χ0v) is 20.2. The molecule has 2 aromatic heterocycles. The number of aliphatic hydroxyl groups excluding tert-OH is 1. The first-order valence-corrected chi connectivity index (χ1v) is 12.7. The van der Waals surface area contributed by atoms with E-state index < -0.39 is 22.1 Å². The predicted molar refractivity (Wildman–Crippen MR) is 132 cm³/mol. The van der Waals surface area contributed by atoms with Crippen LogP contribution in [0.15, 0.2) is 59.6 Å². The summed E-state index contributed by atoms with van der Waals surface area (Å²) in [4.78, 5) is 3.73. The van der Waals surface area contributed by atoms with Crippen LogP contribution in [0.25, 0.3) is 6.08 Å². The van der Waals surface area contributed by atoms with Crippen molar-refractivity contribution in [1.29, 1.82) is 10.0 Å². The Balaban J connectivity index is 1.59. The molecule has 0 fully saturated rings. The Morgan fingerprint density at radius 2 is 2.11 bits per heavy atom. The van der Waals surface area contributed by atoms with Crippen molar-refractivity contribution < 1.29 is 13.7 Å². The fourth-order valence-corrected chi connectivity index (χ4v) is 5.86. The van der Waals surface area contributed by atoms with Crippen molar-refractivity contribution in [3.8, 4) is 6.07 Å². The number of hydrogen-bond acceptors (Lipinski definition) is 6. The Morgan fingerprint density at radius 3 is 2.83 bits per heavy atom. The first kappa shape index (κ1) is 24.6. The molecule has 2 unspecified atom stereocenters. The van der Waals surface area contributed by atoms with Crippen molar-refractivity contribution in [2.75, 3.05) is 5.32 Å². The smallest absolute Gasteiger partial charge is 0.216 e. The zero-order valence-electron chi connectivity index (χ0n) is 19.4. The van der Waals surface area contributed by atoms with Crippen LogP contribution < -0.4 is 10.0 Å². The lowest BCUT2D eigenvalue weighted by atomic mass is 9.94. The molecule has 1 aliphatic rings. The molecule has 0 aliphatic carbocycles. The van der Waals surface area contributed by atoms with Crippen LogP contribution in [0.2, 0.25) is 0 Å². The van der Waals surface area contributed by atoms with Crippen molar-refractivity contribution in [3.63, 3.8) is 0 Å². The minimum Gasteiger partial charge on any atom is -0.368 e. The van der Waals surface area contributed by atoms with Gasteiger partial charge in [0.1, 0.15) is 21.7 Å². The molecule has 0 bridgehead atoms. The Morgan fingerprint density at radius 1 is 1.37 bits per heavy atom. The number of benzene rings is 1. The van der Waals surface area contributed by atoms with E-state index in [0.29, 0.717) is 11.3 Å². The Kier molecular flexibility index (Phi) is 7.03. The third-order valence-electron chi connectivity index (χ3n) is 6.13. The van der Waals surface area contributed by atoms with Gasteiger partial charge in [-0.15, -0.1) is 0 Å². The maximum absolute atomic E-state index is 13.7. The fourth-order valence-electron chi connectivity index (χ4n) is 4.25. The third kappa shape index (κ3) is 5.43. The molecule has 0 saturated carbocycles. The number of aliphatic hydroxyl groups is 1. The third-order valence-corrected chi connectivity index (χ3v) is 7.68. The zero-order chi connectivity index (χ0) is 25.2. The molecule has 3 heterocycles. The fraction of sp³-hybridized carbons (Fsp3) is 0.280. The van der Waals surface area contributed by atoms with Crippen LogP contribution in [0.4, 0.5) is 10.1 Å². The summed E-state index contributed by atoms with van der Waals surface area (Å²) in [6.07, 6.45) is 5.61. The second-order valence-electron chi connectivity index (χ2n) is 8.69. The SMILES string of the molecule is C[C@@H](CCc1ccccc1)[C@H]1C=Cc2c(cn(C)c2C(O)Nc2cc(F)nc(C#N)c2)S(=N)(=O)N1. The summed E-state index contributed by atoms with van der Waals surface area (Å²) in [5.41, 5.74) is 2.09. The van der Waals surface area contributed by atoms with Crippen LogP contribution in [0, 0.1) is 28.0 Å². The molecule has 182 valence electrons. The molecule has 0 spiro atoms. The van der Waals surface area contributed by atoms with Gasteiger partial charge < -0.3 is 15.0 Å². The van der Waals surface area contributed by atoms with E-state index in [-0.39, 0.29) is 28.2 Å². The summed E-state index contributed by atoms with van der Waals surface area (Å²) in [6.45, 7) is 2.05. The molecule has 4 N–H and O–H groups in total. The maximum atomic E-state index is 13.7. The molecule has 4 rings (SSSR count). The van der Waals surface area contributed by atoms with Crippen LogP contribution in [-0.2, 0) is 23.4 Å². The molecule has 0 saturated heterocycles. The number of nitrogens with one attached hydrogen (secondary N) is 3. The van der Waals surface area contributed by atoms with Gasteiger partial charge in [-0.05, 0) is 30.4 Å². The Bertz CT molecular complexity index is 1400. The van der Waals surface area contributed by atoms with Crippen molar-refractivity contribution in [2.24, 2.45) is 13.0 Å². The first-order chi connectivity index (χ1) is 16.7. The summed E-state index contributed by atoms with van der Waals surface area (Å²) >= 11 is 0. The lowest BCUT2D eigenvalue weighted by Gasteiger charge is -2.22. The summed E-state index contributed by atoms with van der Waals surface area (Å²) in [5, 5.41) is 22.7. The second-order valence-corrected chi connectivity index (χ2v) is 10.5. The topological polar surface area (TPSA) is 127 Å². The number of halogens is 1. The number of aryl methyl sites for hydroxylation is 2. The Hall–Kier alpha value is -3.52. The van der Waals surface area contributed by atoms with Crippen LogP contribution in [0.3, 0.4) is 0 Å². The number of pyridine rings is 1. The number of nitrogens with zero attached hydrogens (tertiary/aromatic N) is 3. The highest BCUT2D eigenvalue weighted by Crippen LogP contribution is 2.32. The minimum atomic E-state index is -3.37. The lowest BCUT2D eigenvalue weighted by Crippen LogP contribution is -2.36. The van der Waals surface area contributed by atoms with Crippen molar-refractivity contribution in [1.82, 2.24) is 14.3 Å². The van der Waals surface area contributed by atoms with E-state index in [0.717, 1.165) is 18.9 Å². The van der Waals surface area contributed by atoms with Gasteiger partial charge in [-0.1, -0.05) is 49.4 Å². The number of aromatic nitrogens is 2. The average Bonchev–Trinajstić information content (AvgIpc) is 3.11. The molecule has 0 amide bonds. The average molecular weight is 495 g/mol. The standard InChI is InChI=1S/C25H27FN6O2S/c1-16(8-9-17-6-4-3-5-7-17)21-11-10-20-22(35(28,34)31-21)15-32(2)24(20)25(33)30-18-12-19(14-27)29-23(26)13-18/h3-7,10-13,15-16,21,25,33H,8-9H2,1-2H3,(H,29,30)(H2,28,31,34)/t16-,21+,25?,35?/m0/s1. The van der Waals surface area contributed by atoms with Gasteiger partial charge in [0, 0.05) is 36.6 Å². The number of hydrogen-bond donors (Lipinski definition) is 4. The van der Waals surface area contributed by atoms with Crippen molar-refractivity contribution in [3.05, 3.63) is 83.2 Å². The summed E-state index contributed by atoms with van der Waals surface area (Å²) < 4.78 is 40.3. The van der Waals surface area contributed by atoms with Gasteiger partial charge in [-0.3, -0.25) is 0 Å². The van der Waals surface area contributed by atoms with Gasteiger partial charge in [-0.25, -0.2) is 18.7 Å². The largest absolute Gasteiger partial charge is 0.368 e. The van der Waals surface area contributed by atoms with Crippen LogP contribution in [0.5, 0.6) is 0 Å². The molecule has 8 nitrogen and oxygen atoms in total. The summed E-state index contributed by atoms with van der Waals surface area (Å²) in [5.74, 6) is -0.749. The van der Waals surface area contributed by atoms with Gasteiger partial charge in [-0.2, -0.15) is 9.65 Å². The van der Waals surface area contributed by atoms with Gasteiger partial charge in [0.05, 0.1) is 10.6 Å². The Labute approximate surface area is 204 Å². The molecule has 1 aliphatic heterocycles. The molecule has 3 aromatic rings. The second kappa shape index (κ2) is 10.00. The predicted octanol–water partition coefficient (Wildman–Crippen LogP) is 4.11. The van der Waals surface area contributed by atoms with E-state index in [1.165, 1.54) is 11.6 Å². The molecule has 0 radical (unpaired) electrons. The number of fused-ring (bicyclic) bond motifs is 1. The summed E-state index contributed by atoms with van der Waals surface area (Å²) in [6, 6.07) is 14.0. The minimum absolute atomic E-state index is 0.103. The van der Waals surface area contributed by atoms with Gasteiger partial charge in [0.15, 0.2) is 6.23 Å². The van der Waals surface area contributed by atoms with Crippen LogP contribution in [0.1, 0.15) is 42.1 Å². The number of rotatable bonds is 7. The van der Waals surface area contributed by atoms with Gasteiger partial charge in [0.2, 0.25) is 5.95 Å². The molecule has 35 heavy (non-hydrogen) atoms. The van der Waals surface area contributed by atoms with Gasteiger partial charge in [0.25, 0.3) is 0 Å². The van der Waals surface area contributed by atoms with Gasteiger partial charge >= 0.3 is 0 Å². The summed E-state index contributed by atoms with van der Waals surface area (Å²) in [7, 11) is -1.69. The van der Waals surface area contributed by atoms with E-state index in [1.807, 2.05) is 24.3 Å². The first-order valence-electron chi connectivity index (χ1n) is 11.2. The lowest BCUT2D eigenvalue weighted by molar-refractivity contribution is 0.199.